The molecule has 3 aromatic carbocycles. The summed E-state index contributed by atoms with van der Waals surface area (Å²) >= 11 is 5.99. The van der Waals surface area contributed by atoms with Crippen molar-refractivity contribution in [3.8, 4) is 17.2 Å². The van der Waals surface area contributed by atoms with Gasteiger partial charge in [-0.25, -0.2) is 14.4 Å². The average Bonchev–Trinajstić information content (AvgIpc) is 3.34. The maximum Gasteiger partial charge on any atom is 0.248 e. The molecule has 2 N–H and O–H groups in total. The number of amides is 1. The predicted molar refractivity (Wildman–Crippen MR) is 148 cm³/mol. The Hall–Kier alpha value is -4.32. The summed E-state index contributed by atoms with van der Waals surface area (Å²) in [5.74, 6) is -0.353. The van der Waals surface area contributed by atoms with E-state index in [1.165, 1.54) is 18.5 Å². The van der Waals surface area contributed by atoms with Gasteiger partial charge < -0.3 is 10.6 Å². The zero-order chi connectivity index (χ0) is 26.6. The van der Waals surface area contributed by atoms with Crippen molar-refractivity contribution < 1.29 is 9.18 Å². The van der Waals surface area contributed by atoms with Crippen LogP contribution < -0.4 is 10.6 Å². The van der Waals surface area contributed by atoms with Crippen LogP contribution >= 0.6 is 11.6 Å². The highest BCUT2D eigenvalue weighted by Crippen LogP contribution is 2.39. The van der Waals surface area contributed by atoms with Crippen LogP contribution in [0, 0.1) is 17.1 Å². The number of fused-ring (bicyclic) bond motifs is 1. The molecule has 4 aromatic rings. The third-order valence-electron chi connectivity index (χ3n) is 6.57. The standard InChI is InChI=1S/C29H24ClFN6O/c1-37-13-3-6-21(37)8-12-26(38)36-25-11-10-24-28(27(25)19-5-2-4-18(14-19)16-32)29(34-17-33-24)35-20-7-9-23(31)22(30)15-20/h2,4-5,7-12,14-15,17,21H,3,6,13H2,1H3,(H,36,38)(H,33,34,35). The Morgan fingerprint density at radius 3 is 2.84 bits per heavy atom. The van der Waals surface area contributed by atoms with Crippen LogP contribution in [0.2, 0.25) is 5.02 Å². The summed E-state index contributed by atoms with van der Waals surface area (Å²) in [6.45, 7) is 1.01. The summed E-state index contributed by atoms with van der Waals surface area (Å²) in [4.78, 5) is 24.1. The fourth-order valence-corrected chi connectivity index (χ4v) is 4.84. The molecule has 0 saturated carbocycles. The van der Waals surface area contributed by atoms with Crippen LogP contribution in [0.15, 0.2) is 73.1 Å². The number of likely N-dealkylation sites (tertiary alicyclic amines) is 1. The smallest absolute Gasteiger partial charge is 0.248 e. The van der Waals surface area contributed by atoms with Gasteiger partial charge in [0.15, 0.2) is 0 Å². The molecule has 1 fully saturated rings. The zero-order valence-electron chi connectivity index (χ0n) is 20.6. The van der Waals surface area contributed by atoms with Crippen molar-refractivity contribution in [3.05, 3.63) is 89.5 Å². The number of anilines is 3. The molecule has 38 heavy (non-hydrogen) atoms. The third kappa shape index (κ3) is 5.35. The molecule has 1 amide bonds. The summed E-state index contributed by atoms with van der Waals surface area (Å²) in [6, 6.07) is 17.4. The number of halogens is 2. The molecule has 1 saturated heterocycles. The van der Waals surface area contributed by atoms with Gasteiger partial charge in [0.1, 0.15) is 18.0 Å². The predicted octanol–water partition coefficient (Wildman–Crippen LogP) is 6.29. The lowest BCUT2D eigenvalue weighted by atomic mass is 9.97. The molecule has 7 nitrogen and oxygen atoms in total. The zero-order valence-corrected chi connectivity index (χ0v) is 21.3. The van der Waals surface area contributed by atoms with Gasteiger partial charge in [0.05, 0.1) is 27.6 Å². The molecular formula is C29H24ClFN6O. The van der Waals surface area contributed by atoms with E-state index >= 15 is 0 Å². The van der Waals surface area contributed by atoms with Gasteiger partial charge in [-0.15, -0.1) is 0 Å². The van der Waals surface area contributed by atoms with Crippen LogP contribution in [0.4, 0.5) is 21.6 Å². The molecule has 2 heterocycles. The molecule has 1 aliphatic rings. The summed E-state index contributed by atoms with van der Waals surface area (Å²) in [5, 5.41) is 16.3. The molecule has 1 aliphatic heterocycles. The van der Waals surface area contributed by atoms with Gasteiger partial charge >= 0.3 is 0 Å². The number of likely N-dealkylation sites (N-methyl/N-ethyl adjacent to an activating group) is 1. The van der Waals surface area contributed by atoms with E-state index in [0.717, 1.165) is 19.4 Å². The number of nitrogens with zero attached hydrogens (tertiary/aromatic N) is 4. The van der Waals surface area contributed by atoms with Crippen molar-refractivity contribution >= 4 is 45.6 Å². The van der Waals surface area contributed by atoms with Crippen LogP contribution in [0.1, 0.15) is 18.4 Å². The second kappa shape index (κ2) is 11.0. The number of nitrogens with one attached hydrogen (secondary N) is 2. The summed E-state index contributed by atoms with van der Waals surface area (Å²) in [6.07, 6.45) is 7.03. The van der Waals surface area contributed by atoms with E-state index in [-0.39, 0.29) is 17.0 Å². The number of nitriles is 1. The van der Waals surface area contributed by atoms with Crippen molar-refractivity contribution in [3.63, 3.8) is 0 Å². The fraction of sp³-hybridized carbons (Fsp3) is 0.172. The van der Waals surface area contributed by atoms with Gasteiger partial charge in [-0.1, -0.05) is 29.8 Å². The first-order chi connectivity index (χ1) is 18.4. The lowest BCUT2D eigenvalue weighted by molar-refractivity contribution is -0.111. The highest BCUT2D eigenvalue weighted by molar-refractivity contribution is 6.31. The maximum absolute atomic E-state index is 13.7. The monoisotopic (exact) mass is 526 g/mol. The molecule has 0 radical (unpaired) electrons. The Morgan fingerprint density at radius 1 is 1.21 bits per heavy atom. The molecule has 0 spiro atoms. The van der Waals surface area contributed by atoms with Crippen molar-refractivity contribution in [1.82, 2.24) is 14.9 Å². The maximum atomic E-state index is 13.7. The Labute approximate surface area is 224 Å². The van der Waals surface area contributed by atoms with E-state index in [4.69, 9.17) is 11.6 Å². The SMILES string of the molecule is CN1CCCC1C=CC(=O)Nc1ccc2ncnc(Nc3ccc(F)c(Cl)c3)c2c1-c1cccc(C#N)c1. The second-order valence-corrected chi connectivity index (χ2v) is 9.50. The van der Waals surface area contributed by atoms with Gasteiger partial charge in [0.2, 0.25) is 5.91 Å². The molecule has 5 rings (SSSR count). The van der Waals surface area contributed by atoms with Crippen molar-refractivity contribution in [2.45, 2.75) is 18.9 Å². The van der Waals surface area contributed by atoms with Crippen LogP contribution in [-0.2, 0) is 4.79 Å². The van der Waals surface area contributed by atoms with E-state index in [9.17, 15) is 14.4 Å². The highest BCUT2D eigenvalue weighted by Gasteiger charge is 2.20. The number of aromatic nitrogens is 2. The minimum atomic E-state index is -0.527. The van der Waals surface area contributed by atoms with Crippen molar-refractivity contribution in [2.24, 2.45) is 0 Å². The van der Waals surface area contributed by atoms with E-state index < -0.39 is 5.82 Å². The quantitative estimate of drug-likeness (QED) is 0.287. The Bertz CT molecular complexity index is 1600. The third-order valence-corrected chi connectivity index (χ3v) is 6.86. The Balaban J connectivity index is 1.61. The number of rotatable bonds is 6. The first kappa shape index (κ1) is 25.3. The highest BCUT2D eigenvalue weighted by atomic mass is 35.5. The number of carbonyl (C=O) groups is 1. The number of hydrogen-bond donors (Lipinski definition) is 2. The first-order valence-corrected chi connectivity index (χ1v) is 12.5. The Kier molecular flexibility index (Phi) is 7.31. The van der Waals surface area contributed by atoms with Crippen LogP contribution in [0.25, 0.3) is 22.0 Å². The van der Waals surface area contributed by atoms with E-state index in [2.05, 4.69) is 31.6 Å². The van der Waals surface area contributed by atoms with Crippen molar-refractivity contribution in [1.29, 1.82) is 5.26 Å². The lowest BCUT2D eigenvalue weighted by Gasteiger charge is -2.17. The molecular weight excluding hydrogens is 503 g/mol. The van der Waals surface area contributed by atoms with Crippen molar-refractivity contribution in [2.75, 3.05) is 24.2 Å². The molecule has 1 aromatic heterocycles. The van der Waals surface area contributed by atoms with Crippen LogP contribution in [0.3, 0.4) is 0 Å². The van der Waals surface area contributed by atoms with E-state index in [1.54, 1.807) is 42.5 Å². The fourth-order valence-electron chi connectivity index (χ4n) is 4.66. The summed E-state index contributed by atoms with van der Waals surface area (Å²) in [5.41, 5.74) is 3.52. The van der Waals surface area contributed by atoms with Gasteiger partial charge in [-0.2, -0.15) is 5.26 Å². The van der Waals surface area contributed by atoms with Gasteiger partial charge in [0.25, 0.3) is 0 Å². The second-order valence-electron chi connectivity index (χ2n) is 9.09. The average molecular weight is 527 g/mol. The van der Waals surface area contributed by atoms with E-state index in [0.29, 0.717) is 44.8 Å². The molecule has 9 heteroatoms. The minimum Gasteiger partial charge on any atom is -0.340 e. The molecule has 1 atom stereocenters. The molecule has 0 aliphatic carbocycles. The topological polar surface area (TPSA) is 93.9 Å². The van der Waals surface area contributed by atoms with Crippen LogP contribution in [-0.4, -0.2) is 40.4 Å². The van der Waals surface area contributed by atoms with Gasteiger partial charge in [-0.3, -0.25) is 9.69 Å². The van der Waals surface area contributed by atoms with Crippen LogP contribution in [0.5, 0.6) is 0 Å². The summed E-state index contributed by atoms with van der Waals surface area (Å²) < 4.78 is 13.7. The van der Waals surface area contributed by atoms with Gasteiger partial charge in [-0.05, 0) is 74.5 Å². The summed E-state index contributed by atoms with van der Waals surface area (Å²) in [7, 11) is 2.05. The largest absolute Gasteiger partial charge is 0.340 e. The first-order valence-electron chi connectivity index (χ1n) is 12.1. The molecule has 1 unspecified atom stereocenters. The normalized spacial score (nSPS) is 15.6. The lowest BCUT2D eigenvalue weighted by Crippen LogP contribution is -2.23. The van der Waals surface area contributed by atoms with E-state index in [1.807, 2.05) is 19.2 Å². The number of hydrogen-bond acceptors (Lipinski definition) is 6. The Morgan fingerprint density at radius 2 is 2.08 bits per heavy atom. The molecule has 190 valence electrons. The number of carbonyl (C=O) groups excluding carboxylic acids is 1. The minimum absolute atomic E-state index is 0.0250. The van der Waals surface area contributed by atoms with Gasteiger partial charge in [0, 0.05) is 29.1 Å². The molecule has 0 bridgehead atoms. The number of benzene rings is 3.